The minimum atomic E-state index is 0.0736. The van der Waals surface area contributed by atoms with E-state index >= 15 is 0 Å². The van der Waals surface area contributed by atoms with Crippen LogP contribution in [-0.2, 0) is 0 Å². The number of hydrogen-bond acceptors (Lipinski definition) is 3. The Morgan fingerprint density at radius 3 is 2.79 bits per heavy atom. The van der Waals surface area contributed by atoms with Gasteiger partial charge >= 0.3 is 0 Å². The van der Waals surface area contributed by atoms with Crippen molar-refractivity contribution in [2.24, 2.45) is 0 Å². The molecule has 1 N–H and O–H groups in total. The first kappa shape index (κ1) is 13.7. The lowest BCUT2D eigenvalue weighted by Crippen LogP contribution is -2.22. The van der Waals surface area contributed by atoms with E-state index in [1.54, 1.807) is 13.4 Å². The number of benzene rings is 1. The SMILES string of the molecule is CCCNC(c1ccc(C)c(OC)c1)c1ccco1. The number of rotatable bonds is 6. The van der Waals surface area contributed by atoms with Crippen molar-refractivity contribution in [3.8, 4) is 5.75 Å². The zero-order valence-corrected chi connectivity index (χ0v) is 11.8. The molecule has 2 aromatic rings. The van der Waals surface area contributed by atoms with Gasteiger partial charge in [0.25, 0.3) is 0 Å². The van der Waals surface area contributed by atoms with Gasteiger partial charge in [-0.3, -0.25) is 0 Å². The van der Waals surface area contributed by atoms with Crippen LogP contribution in [0, 0.1) is 6.92 Å². The van der Waals surface area contributed by atoms with Gasteiger partial charge in [0.2, 0.25) is 0 Å². The maximum atomic E-state index is 5.55. The van der Waals surface area contributed by atoms with Crippen LogP contribution in [-0.4, -0.2) is 13.7 Å². The molecule has 3 nitrogen and oxygen atoms in total. The lowest BCUT2D eigenvalue weighted by Gasteiger charge is -2.18. The van der Waals surface area contributed by atoms with Crippen LogP contribution in [0.1, 0.15) is 36.3 Å². The Bertz CT molecular complexity index is 505. The normalized spacial score (nSPS) is 12.4. The van der Waals surface area contributed by atoms with Crippen LogP contribution in [0.5, 0.6) is 5.75 Å². The highest BCUT2D eigenvalue weighted by Crippen LogP contribution is 2.27. The smallest absolute Gasteiger partial charge is 0.125 e. The van der Waals surface area contributed by atoms with Crippen molar-refractivity contribution in [1.82, 2.24) is 5.32 Å². The number of ether oxygens (including phenoxy) is 1. The zero-order chi connectivity index (χ0) is 13.7. The monoisotopic (exact) mass is 259 g/mol. The number of hydrogen-bond donors (Lipinski definition) is 1. The fraction of sp³-hybridized carbons (Fsp3) is 0.375. The van der Waals surface area contributed by atoms with Crippen LogP contribution < -0.4 is 10.1 Å². The standard InChI is InChI=1S/C16H21NO2/c1-4-9-17-16(14-6-5-10-19-14)13-8-7-12(2)15(11-13)18-3/h5-8,10-11,16-17H,4,9H2,1-3H3. The van der Waals surface area contributed by atoms with Crippen LogP contribution in [0.2, 0.25) is 0 Å². The second kappa shape index (κ2) is 6.43. The van der Waals surface area contributed by atoms with E-state index in [0.717, 1.165) is 35.6 Å². The van der Waals surface area contributed by atoms with Crippen LogP contribution in [0.25, 0.3) is 0 Å². The number of furan rings is 1. The van der Waals surface area contributed by atoms with Crippen molar-refractivity contribution in [3.63, 3.8) is 0 Å². The molecular weight excluding hydrogens is 238 g/mol. The van der Waals surface area contributed by atoms with Gasteiger partial charge in [0, 0.05) is 0 Å². The lowest BCUT2D eigenvalue weighted by atomic mass is 10.0. The van der Waals surface area contributed by atoms with Gasteiger partial charge in [-0.15, -0.1) is 0 Å². The van der Waals surface area contributed by atoms with Crippen LogP contribution in [0.15, 0.2) is 41.0 Å². The summed E-state index contributed by atoms with van der Waals surface area (Å²) in [4.78, 5) is 0. The van der Waals surface area contributed by atoms with E-state index in [2.05, 4.69) is 30.4 Å². The van der Waals surface area contributed by atoms with Crippen molar-refractivity contribution in [3.05, 3.63) is 53.5 Å². The molecule has 1 aromatic heterocycles. The third kappa shape index (κ3) is 3.18. The van der Waals surface area contributed by atoms with Gasteiger partial charge in [0.05, 0.1) is 19.4 Å². The minimum Gasteiger partial charge on any atom is -0.496 e. The molecule has 19 heavy (non-hydrogen) atoms. The molecule has 0 saturated carbocycles. The highest BCUT2D eigenvalue weighted by atomic mass is 16.5. The van der Waals surface area contributed by atoms with Crippen LogP contribution in [0.3, 0.4) is 0 Å². The molecule has 0 saturated heterocycles. The Morgan fingerprint density at radius 2 is 2.16 bits per heavy atom. The predicted octanol–water partition coefficient (Wildman–Crippen LogP) is 3.69. The van der Waals surface area contributed by atoms with E-state index in [4.69, 9.17) is 9.15 Å². The Labute approximate surface area is 114 Å². The molecule has 1 heterocycles. The van der Waals surface area contributed by atoms with E-state index in [9.17, 15) is 0 Å². The molecule has 1 atom stereocenters. The highest BCUT2D eigenvalue weighted by molar-refractivity contribution is 5.39. The van der Waals surface area contributed by atoms with Crippen molar-refractivity contribution in [2.45, 2.75) is 26.3 Å². The summed E-state index contributed by atoms with van der Waals surface area (Å²) in [6.45, 7) is 5.15. The summed E-state index contributed by atoms with van der Waals surface area (Å²) in [5.41, 5.74) is 2.30. The molecule has 0 radical (unpaired) electrons. The summed E-state index contributed by atoms with van der Waals surface area (Å²) in [5.74, 6) is 1.84. The van der Waals surface area contributed by atoms with E-state index in [1.165, 1.54) is 0 Å². The molecule has 0 amide bonds. The second-order valence-electron chi connectivity index (χ2n) is 4.63. The first-order chi connectivity index (χ1) is 9.26. The van der Waals surface area contributed by atoms with E-state index in [0.29, 0.717) is 0 Å². The predicted molar refractivity (Wildman–Crippen MR) is 76.6 cm³/mol. The van der Waals surface area contributed by atoms with Crippen molar-refractivity contribution >= 4 is 0 Å². The van der Waals surface area contributed by atoms with Crippen molar-refractivity contribution in [2.75, 3.05) is 13.7 Å². The van der Waals surface area contributed by atoms with Crippen LogP contribution >= 0.6 is 0 Å². The number of methoxy groups -OCH3 is 1. The Hall–Kier alpha value is -1.74. The van der Waals surface area contributed by atoms with Crippen LogP contribution in [0.4, 0.5) is 0 Å². The topological polar surface area (TPSA) is 34.4 Å². The molecule has 0 fully saturated rings. The van der Waals surface area contributed by atoms with Crippen molar-refractivity contribution < 1.29 is 9.15 Å². The molecule has 0 bridgehead atoms. The summed E-state index contributed by atoms with van der Waals surface area (Å²) in [6.07, 6.45) is 2.79. The van der Waals surface area contributed by atoms with Crippen molar-refractivity contribution in [1.29, 1.82) is 0 Å². The Kier molecular flexibility index (Phi) is 4.63. The molecule has 0 aliphatic rings. The third-order valence-corrected chi connectivity index (χ3v) is 3.19. The van der Waals surface area contributed by atoms with E-state index < -0.39 is 0 Å². The Balaban J connectivity index is 2.32. The lowest BCUT2D eigenvalue weighted by molar-refractivity contribution is 0.408. The molecule has 0 aliphatic carbocycles. The molecule has 1 unspecified atom stereocenters. The maximum absolute atomic E-state index is 5.55. The molecule has 102 valence electrons. The molecule has 3 heteroatoms. The quantitative estimate of drug-likeness (QED) is 0.859. The summed E-state index contributed by atoms with van der Waals surface area (Å²) in [6, 6.07) is 10.3. The summed E-state index contributed by atoms with van der Waals surface area (Å²) in [7, 11) is 1.70. The average molecular weight is 259 g/mol. The second-order valence-corrected chi connectivity index (χ2v) is 4.63. The molecule has 1 aromatic carbocycles. The molecule has 0 spiro atoms. The fourth-order valence-electron chi connectivity index (χ4n) is 2.14. The summed E-state index contributed by atoms with van der Waals surface area (Å²) >= 11 is 0. The first-order valence-corrected chi connectivity index (χ1v) is 6.67. The fourth-order valence-corrected chi connectivity index (χ4v) is 2.14. The van der Waals surface area contributed by atoms with Gasteiger partial charge in [-0.05, 0) is 49.2 Å². The third-order valence-electron chi connectivity index (χ3n) is 3.19. The molecule has 2 rings (SSSR count). The van der Waals surface area contributed by atoms with Gasteiger partial charge in [0.15, 0.2) is 0 Å². The van der Waals surface area contributed by atoms with Gasteiger partial charge in [-0.25, -0.2) is 0 Å². The summed E-state index contributed by atoms with van der Waals surface area (Å²) in [5, 5.41) is 3.51. The average Bonchev–Trinajstić information content (AvgIpc) is 2.95. The number of nitrogens with one attached hydrogen (secondary N) is 1. The number of aryl methyl sites for hydroxylation is 1. The van der Waals surface area contributed by atoms with Gasteiger partial charge in [0.1, 0.15) is 11.5 Å². The van der Waals surface area contributed by atoms with Gasteiger partial charge in [-0.1, -0.05) is 19.1 Å². The minimum absolute atomic E-state index is 0.0736. The molecule has 0 aliphatic heterocycles. The van der Waals surface area contributed by atoms with Gasteiger partial charge in [-0.2, -0.15) is 0 Å². The zero-order valence-electron chi connectivity index (χ0n) is 11.8. The Morgan fingerprint density at radius 1 is 1.32 bits per heavy atom. The van der Waals surface area contributed by atoms with Gasteiger partial charge < -0.3 is 14.5 Å². The first-order valence-electron chi connectivity index (χ1n) is 6.67. The van der Waals surface area contributed by atoms with E-state index in [1.807, 2.05) is 19.1 Å². The van der Waals surface area contributed by atoms with E-state index in [-0.39, 0.29) is 6.04 Å². The highest BCUT2D eigenvalue weighted by Gasteiger charge is 2.17. The summed E-state index contributed by atoms with van der Waals surface area (Å²) < 4.78 is 10.9. The largest absolute Gasteiger partial charge is 0.496 e. The molecular formula is C16H21NO2. The maximum Gasteiger partial charge on any atom is 0.125 e.